The Hall–Kier alpha value is -2.96. The highest BCUT2D eigenvalue weighted by molar-refractivity contribution is 5.91. The summed E-state index contributed by atoms with van der Waals surface area (Å²) < 4.78 is 13.1. The molecule has 0 bridgehead atoms. The fourth-order valence-corrected chi connectivity index (χ4v) is 4.78. The highest BCUT2D eigenvalue weighted by Gasteiger charge is 2.39. The second-order valence-electron chi connectivity index (χ2n) is 8.67. The summed E-state index contributed by atoms with van der Waals surface area (Å²) in [6.07, 6.45) is 6.40. The topological polar surface area (TPSA) is 65.5 Å². The summed E-state index contributed by atoms with van der Waals surface area (Å²) >= 11 is 0. The van der Waals surface area contributed by atoms with Crippen LogP contribution >= 0.6 is 0 Å². The first-order chi connectivity index (χ1) is 15.0. The number of carbonyl (C=O) groups excluding carboxylic acids is 2. The van der Waals surface area contributed by atoms with Crippen molar-refractivity contribution in [3.63, 3.8) is 0 Å². The zero-order chi connectivity index (χ0) is 21.7. The highest BCUT2D eigenvalue weighted by Crippen LogP contribution is 2.44. The van der Waals surface area contributed by atoms with E-state index in [1.54, 1.807) is 18.3 Å². The average Bonchev–Trinajstić information content (AvgIpc) is 3.23. The van der Waals surface area contributed by atoms with Crippen molar-refractivity contribution in [2.24, 2.45) is 5.41 Å². The van der Waals surface area contributed by atoms with Gasteiger partial charge in [-0.1, -0.05) is 18.9 Å². The third kappa shape index (κ3) is 5.40. The summed E-state index contributed by atoms with van der Waals surface area (Å²) in [4.78, 5) is 34.3. The van der Waals surface area contributed by atoms with Crippen molar-refractivity contribution in [3.8, 4) is 0 Å². The molecule has 0 unspecified atom stereocenters. The number of pyridine rings is 1. The molecule has 2 fully saturated rings. The molecule has 1 aromatic heterocycles. The maximum absolute atomic E-state index is 13.1. The molecular formula is C24H29FN4O2. The quantitative estimate of drug-likeness (QED) is 0.765. The Kier molecular flexibility index (Phi) is 6.49. The molecule has 31 heavy (non-hydrogen) atoms. The molecule has 0 radical (unpaired) electrons. The van der Waals surface area contributed by atoms with Crippen LogP contribution in [0.5, 0.6) is 0 Å². The number of carbonyl (C=O) groups is 2. The number of nitrogens with zero attached hydrogens (tertiary/aromatic N) is 3. The summed E-state index contributed by atoms with van der Waals surface area (Å²) in [6.45, 7) is 2.88. The van der Waals surface area contributed by atoms with Gasteiger partial charge in [-0.15, -0.1) is 0 Å². The fourth-order valence-electron chi connectivity index (χ4n) is 4.78. The Labute approximate surface area is 182 Å². The van der Waals surface area contributed by atoms with E-state index in [9.17, 15) is 14.0 Å². The van der Waals surface area contributed by atoms with E-state index in [1.807, 2.05) is 23.1 Å². The number of piperazine rings is 1. The molecule has 0 spiro atoms. The van der Waals surface area contributed by atoms with Crippen LogP contribution in [0.3, 0.4) is 0 Å². The van der Waals surface area contributed by atoms with Gasteiger partial charge in [0, 0.05) is 50.9 Å². The molecule has 1 aliphatic heterocycles. The second-order valence-corrected chi connectivity index (χ2v) is 8.67. The lowest BCUT2D eigenvalue weighted by atomic mass is 9.78. The lowest BCUT2D eigenvalue weighted by molar-refractivity contribution is -0.134. The lowest BCUT2D eigenvalue weighted by Gasteiger charge is -2.37. The number of amides is 2. The van der Waals surface area contributed by atoms with E-state index in [0.717, 1.165) is 44.6 Å². The Morgan fingerprint density at radius 1 is 0.968 bits per heavy atom. The molecule has 1 aromatic carbocycles. The minimum absolute atomic E-state index is 0.110. The van der Waals surface area contributed by atoms with Gasteiger partial charge in [0.25, 0.3) is 0 Å². The maximum Gasteiger partial charge on any atom is 0.224 e. The van der Waals surface area contributed by atoms with Gasteiger partial charge in [0.2, 0.25) is 11.8 Å². The number of hydrogen-bond donors (Lipinski definition) is 1. The van der Waals surface area contributed by atoms with E-state index >= 15 is 0 Å². The van der Waals surface area contributed by atoms with Gasteiger partial charge in [-0.2, -0.15) is 0 Å². The minimum Gasteiger partial charge on any atom is -0.353 e. The Morgan fingerprint density at radius 3 is 2.32 bits per heavy atom. The minimum atomic E-state index is -0.334. The van der Waals surface area contributed by atoms with Crippen molar-refractivity contribution >= 4 is 23.3 Å². The number of aromatic nitrogens is 1. The first-order valence-electron chi connectivity index (χ1n) is 11.0. The van der Waals surface area contributed by atoms with Gasteiger partial charge in [0.05, 0.1) is 0 Å². The fraction of sp³-hybridized carbons (Fsp3) is 0.458. The van der Waals surface area contributed by atoms with E-state index in [2.05, 4.69) is 15.2 Å². The number of anilines is 2. The van der Waals surface area contributed by atoms with Crippen molar-refractivity contribution in [3.05, 3.63) is 54.5 Å². The van der Waals surface area contributed by atoms with Gasteiger partial charge in [-0.05, 0) is 54.7 Å². The molecule has 0 atom stereocenters. The van der Waals surface area contributed by atoms with Crippen LogP contribution in [0.4, 0.5) is 15.9 Å². The lowest BCUT2D eigenvalue weighted by Crippen LogP contribution is -2.50. The largest absolute Gasteiger partial charge is 0.353 e. The Bertz CT molecular complexity index is 890. The summed E-state index contributed by atoms with van der Waals surface area (Å²) in [5, 5.41) is 2.85. The van der Waals surface area contributed by atoms with Gasteiger partial charge in [0.15, 0.2) is 0 Å². The molecule has 4 rings (SSSR count). The van der Waals surface area contributed by atoms with Crippen LogP contribution < -0.4 is 10.2 Å². The van der Waals surface area contributed by atoms with E-state index < -0.39 is 0 Å². The molecule has 7 heteroatoms. The van der Waals surface area contributed by atoms with Crippen molar-refractivity contribution < 1.29 is 14.0 Å². The van der Waals surface area contributed by atoms with Crippen LogP contribution in [0.2, 0.25) is 0 Å². The average molecular weight is 425 g/mol. The molecule has 1 aliphatic carbocycles. The van der Waals surface area contributed by atoms with Crippen LogP contribution in [0, 0.1) is 11.2 Å². The van der Waals surface area contributed by atoms with Gasteiger partial charge in [-0.3, -0.25) is 9.59 Å². The summed E-state index contributed by atoms with van der Waals surface area (Å²) in [5.41, 5.74) is 0.302. The van der Waals surface area contributed by atoms with Crippen LogP contribution in [-0.2, 0) is 9.59 Å². The van der Waals surface area contributed by atoms with Gasteiger partial charge >= 0.3 is 0 Å². The number of nitrogens with one attached hydrogen (secondary N) is 1. The molecule has 1 N–H and O–H groups in total. The third-order valence-electron chi connectivity index (χ3n) is 6.46. The second kappa shape index (κ2) is 9.45. The molecule has 1 saturated heterocycles. The zero-order valence-electron chi connectivity index (χ0n) is 17.7. The van der Waals surface area contributed by atoms with Crippen molar-refractivity contribution in [1.82, 2.24) is 9.88 Å². The summed E-state index contributed by atoms with van der Waals surface area (Å²) in [5.74, 6) is 0.636. The van der Waals surface area contributed by atoms with Crippen LogP contribution in [0.25, 0.3) is 0 Å². The Balaban J connectivity index is 1.32. The van der Waals surface area contributed by atoms with E-state index in [-0.39, 0.29) is 23.0 Å². The molecule has 2 aliphatic rings. The highest BCUT2D eigenvalue weighted by atomic mass is 19.1. The number of hydrogen-bond acceptors (Lipinski definition) is 4. The predicted molar refractivity (Wildman–Crippen MR) is 118 cm³/mol. The van der Waals surface area contributed by atoms with Crippen molar-refractivity contribution in [1.29, 1.82) is 0 Å². The molecule has 2 aromatic rings. The van der Waals surface area contributed by atoms with Crippen LogP contribution in [-0.4, -0.2) is 47.9 Å². The first-order valence-corrected chi connectivity index (χ1v) is 11.0. The van der Waals surface area contributed by atoms with E-state index in [1.165, 1.54) is 12.1 Å². The SMILES string of the molecule is O=C(CC1(CC(=O)N2CCN(c3ccccn3)CC2)CCCC1)Nc1ccc(F)cc1. The molecule has 2 heterocycles. The number of rotatable bonds is 6. The molecular weight excluding hydrogens is 395 g/mol. The Morgan fingerprint density at radius 2 is 1.68 bits per heavy atom. The summed E-state index contributed by atoms with van der Waals surface area (Å²) in [7, 11) is 0. The van der Waals surface area contributed by atoms with Gasteiger partial charge in [-0.25, -0.2) is 9.37 Å². The molecule has 1 saturated carbocycles. The molecule has 164 valence electrons. The normalized spacial score (nSPS) is 18.1. The van der Waals surface area contributed by atoms with Crippen LogP contribution in [0.15, 0.2) is 48.7 Å². The monoisotopic (exact) mass is 424 g/mol. The molecule has 2 amide bonds. The standard InChI is InChI=1S/C24H29FN4O2/c25-19-6-8-20(9-7-19)27-22(30)17-24(10-2-3-11-24)18-23(31)29-15-13-28(14-16-29)21-5-1-4-12-26-21/h1,4-9,12H,2-3,10-11,13-18H2,(H,27,30). The molecule has 6 nitrogen and oxygen atoms in total. The summed E-state index contributed by atoms with van der Waals surface area (Å²) in [6, 6.07) is 11.6. The number of halogens is 1. The predicted octanol–water partition coefficient (Wildman–Crippen LogP) is 3.85. The van der Waals surface area contributed by atoms with Gasteiger partial charge < -0.3 is 15.1 Å². The van der Waals surface area contributed by atoms with Crippen molar-refractivity contribution in [2.75, 3.05) is 36.4 Å². The van der Waals surface area contributed by atoms with E-state index in [0.29, 0.717) is 31.6 Å². The van der Waals surface area contributed by atoms with Gasteiger partial charge in [0.1, 0.15) is 11.6 Å². The third-order valence-corrected chi connectivity index (χ3v) is 6.46. The van der Waals surface area contributed by atoms with Crippen molar-refractivity contribution in [2.45, 2.75) is 38.5 Å². The smallest absolute Gasteiger partial charge is 0.224 e. The maximum atomic E-state index is 13.1. The van der Waals surface area contributed by atoms with E-state index in [4.69, 9.17) is 0 Å². The zero-order valence-corrected chi connectivity index (χ0v) is 17.7. The number of benzene rings is 1. The first kappa shape index (κ1) is 21.3. The van der Waals surface area contributed by atoms with Crippen LogP contribution in [0.1, 0.15) is 38.5 Å².